The van der Waals surface area contributed by atoms with Crippen LogP contribution in [0.4, 0.5) is 10.2 Å². The van der Waals surface area contributed by atoms with E-state index in [0.717, 1.165) is 11.1 Å². The van der Waals surface area contributed by atoms with Gasteiger partial charge in [0.1, 0.15) is 11.6 Å². The van der Waals surface area contributed by atoms with Crippen molar-refractivity contribution in [1.29, 1.82) is 0 Å². The molecule has 0 aliphatic heterocycles. The highest BCUT2D eigenvalue weighted by atomic mass is 19.1. The molecule has 0 atom stereocenters. The molecular formula is C14H16FN3. The van der Waals surface area contributed by atoms with Crippen LogP contribution in [0.2, 0.25) is 0 Å². The maximum absolute atomic E-state index is 13.1. The van der Waals surface area contributed by atoms with Gasteiger partial charge < -0.3 is 5.73 Å². The first-order valence-electron chi connectivity index (χ1n) is 5.77. The lowest BCUT2D eigenvalue weighted by molar-refractivity contribution is 0.319. The van der Waals surface area contributed by atoms with Crippen LogP contribution in [0.3, 0.4) is 0 Å². The summed E-state index contributed by atoms with van der Waals surface area (Å²) >= 11 is 0. The third-order valence-electron chi connectivity index (χ3n) is 2.71. The maximum Gasteiger partial charge on any atom is 0.127 e. The monoisotopic (exact) mass is 245 g/mol. The quantitative estimate of drug-likeness (QED) is 0.899. The Hall–Kier alpha value is -1.94. The molecule has 1 aromatic heterocycles. The summed E-state index contributed by atoms with van der Waals surface area (Å²) < 4.78 is 13.1. The zero-order valence-corrected chi connectivity index (χ0v) is 10.3. The Morgan fingerprint density at radius 3 is 2.78 bits per heavy atom. The minimum Gasteiger partial charge on any atom is -0.383 e. The van der Waals surface area contributed by atoms with E-state index >= 15 is 0 Å². The van der Waals surface area contributed by atoms with Crippen molar-refractivity contribution in [2.75, 3.05) is 12.8 Å². The topological polar surface area (TPSA) is 42.2 Å². The molecule has 0 radical (unpaired) electrons. The van der Waals surface area contributed by atoms with Crippen LogP contribution < -0.4 is 5.73 Å². The second-order valence-electron chi connectivity index (χ2n) is 4.35. The van der Waals surface area contributed by atoms with Gasteiger partial charge in [-0.3, -0.25) is 4.90 Å². The fourth-order valence-corrected chi connectivity index (χ4v) is 1.88. The minimum absolute atomic E-state index is 0.207. The van der Waals surface area contributed by atoms with Crippen LogP contribution in [0.25, 0.3) is 0 Å². The summed E-state index contributed by atoms with van der Waals surface area (Å²) in [5, 5.41) is 0. The summed E-state index contributed by atoms with van der Waals surface area (Å²) in [6.07, 6.45) is 1.67. The molecule has 4 heteroatoms. The molecule has 0 spiro atoms. The normalized spacial score (nSPS) is 10.8. The number of hydrogen-bond donors (Lipinski definition) is 1. The molecule has 2 rings (SSSR count). The van der Waals surface area contributed by atoms with Gasteiger partial charge in [0.2, 0.25) is 0 Å². The third kappa shape index (κ3) is 3.28. The Labute approximate surface area is 106 Å². The molecule has 0 amide bonds. The van der Waals surface area contributed by atoms with Crippen molar-refractivity contribution >= 4 is 5.82 Å². The van der Waals surface area contributed by atoms with Gasteiger partial charge in [-0.05, 0) is 30.8 Å². The number of pyridine rings is 1. The molecule has 0 unspecified atom stereocenters. The van der Waals surface area contributed by atoms with Crippen molar-refractivity contribution in [3.63, 3.8) is 0 Å². The van der Waals surface area contributed by atoms with Gasteiger partial charge in [0.25, 0.3) is 0 Å². The predicted octanol–water partition coefficient (Wildman–Crippen LogP) is 2.43. The molecule has 0 saturated carbocycles. The Bertz CT molecular complexity index is 528. The molecule has 1 heterocycles. The van der Waals surface area contributed by atoms with Crippen molar-refractivity contribution in [2.24, 2.45) is 0 Å². The van der Waals surface area contributed by atoms with Gasteiger partial charge in [-0.2, -0.15) is 0 Å². The fraction of sp³-hybridized carbons (Fsp3) is 0.214. The number of anilines is 1. The van der Waals surface area contributed by atoms with E-state index in [1.54, 1.807) is 18.3 Å². The third-order valence-corrected chi connectivity index (χ3v) is 2.71. The van der Waals surface area contributed by atoms with Gasteiger partial charge >= 0.3 is 0 Å². The van der Waals surface area contributed by atoms with Crippen LogP contribution in [0, 0.1) is 5.82 Å². The van der Waals surface area contributed by atoms with Gasteiger partial charge in [-0.15, -0.1) is 0 Å². The molecule has 3 nitrogen and oxygen atoms in total. The average Bonchev–Trinajstić information content (AvgIpc) is 2.32. The van der Waals surface area contributed by atoms with E-state index in [2.05, 4.69) is 9.88 Å². The highest BCUT2D eigenvalue weighted by Crippen LogP contribution is 2.12. The lowest BCUT2D eigenvalue weighted by Gasteiger charge is -2.17. The zero-order chi connectivity index (χ0) is 13.0. The highest BCUT2D eigenvalue weighted by molar-refractivity contribution is 5.38. The average molecular weight is 245 g/mol. The molecule has 0 bridgehead atoms. The summed E-state index contributed by atoms with van der Waals surface area (Å²) in [4.78, 5) is 6.12. The number of nitrogens with zero attached hydrogens (tertiary/aromatic N) is 2. The molecule has 0 fully saturated rings. The molecular weight excluding hydrogens is 229 g/mol. The van der Waals surface area contributed by atoms with E-state index in [4.69, 9.17) is 5.73 Å². The largest absolute Gasteiger partial charge is 0.383 e. The summed E-state index contributed by atoms with van der Waals surface area (Å²) in [5.74, 6) is 0.338. The van der Waals surface area contributed by atoms with Crippen molar-refractivity contribution in [2.45, 2.75) is 13.1 Å². The molecule has 2 aromatic rings. The second kappa shape index (κ2) is 5.60. The van der Waals surface area contributed by atoms with Crippen LogP contribution in [0.5, 0.6) is 0 Å². The summed E-state index contributed by atoms with van der Waals surface area (Å²) in [6.45, 7) is 1.36. The van der Waals surface area contributed by atoms with E-state index in [-0.39, 0.29) is 5.82 Å². The highest BCUT2D eigenvalue weighted by Gasteiger charge is 2.05. The maximum atomic E-state index is 13.1. The smallest absolute Gasteiger partial charge is 0.127 e. The van der Waals surface area contributed by atoms with E-state index in [0.29, 0.717) is 18.9 Å². The van der Waals surface area contributed by atoms with Gasteiger partial charge in [0.05, 0.1) is 0 Å². The van der Waals surface area contributed by atoms with Crippen molar-refractivity contribution < 1.29 is 4.39 Å². The van der Waals surface area contributed by atoms with Crippen LogP contribution in [0.15, 0.2) is 42.6 Å². The summed E-state index contributed by atoms with van der Waals surface area (Å²) in [7, 11) is 1.97. The van der Waals surface area contributed by atoms with Gasteiger partial charge in [-0.25, -0.2) is 9.37 Å². The molecule has 0 aliphatic carbocycles. The summed E-state index contributed by atoms with van der Waals surface area (Å²) in [6, 6.07) is 10.4. The van der Waals surface area contributed by atoms with Crippen LogP contribution >= 0.6 is 0 Å². The first kappa shape index (κ1) is 12.5. The van der Waals surface area contributed by atoms with Crippen LogP contribution in [0.1, 0.15) is 11.1 Å². The predicted molar refractivity (Wildman–Crippen MR) is 70.2 cm³/mol. The lowest BCUT2D eigenvalue weighted by Crippen LogP contribution is -2.18. The first-order valence-corrected chi connectivity index (χ1v) is 5.77. The van der Waals surface area contributed by atoms with Crippen LogP contribution in [-0.2, 0) is 13.1 Å². The Morgan fingerprint density at radius 1 is 1.22 bits per heavy atom. The fourth-order valence-electron chi connectivity index (χ4n) is 1.88. The standard InChI is InChI=1S/C14H16FN3/c1-18(9-11-4-2-6-13(15)8-11)10-12-5-3-7-17-14(12)16/h2-8H,9-10H2,1H3,(H2,16,17). The number of nitrogen functional groups attached to an aromatic ring is 1. The van der Waals surface area contributed by atoms with Crippen molar-refractivity contribution in [3.05, 3.63) is 59.5 Å². The number of rotatable bonds is 4. The van der Waals surface area contributed by atoms with E-state index in [1.165, 1.54) is 6.07 Å². The number of aromatic nitrogens is 1. The van der Waals surface area contributed by atoms with Gasteiger partial charge in [-0.1, -0.05) is 18.2 Å². The van der Waals surface area contributed by atoms with Crippen molar-refractivity contribution in [1.82, 2.24) is 9.88 Å². The molecule has 1 aromatic carbocycles. The zero-order valence-electron chi connectivity index (χ0n) is 10.3. The minimum atomic E-state index is -0.207. The molecule has 2 N–H and O–H groups in total. The van der Waals surface area contributed by atoms with Crippen LogP contribution in [-0.4, -0.2) is 16.9 Å². The lowest BCUT2D eigenvalue weighted by atomic mass is 10.2. The van der Waals surface area contributed by atoms with E-state index in [1.807, 2.05) is 25.2 Å². The van der Waals surface area contributed by atoms with E-state index in [9.17, 15) is 4.39 Å². The molecule has 0 aliphatic rings. The molecule has 94 valence electrons. The number of hydrogen-bond acceptors (Lipinski definition) is 3. The summed E-state index contributed by atoms with van der Waals surface area (Å²) in [5.41, 5.74) is 7.72. The number of nitrogens with two attached hydrogens (primary N) is 1. The SMILES string of the molecule is CN(Cc1cccc(F)c1)Cc1cccnc1N. The number of halogens is 1. The Morgan fingerprint density at radius 2 is 2.06 bits per heavy atom. The second-order valence-corrected chi connectivity index (χ2v) is 4.35. The van der Waals surface area contributed by atoms with Gasteiger partial charge in [0.15, 0.2) is 0 Å². The van der Waals surface area contributed by atoms with E-state index < -0.39 is 0 Å². The van der Waals surface area contributed by atoms with Gasteiger partial charge in [0, 0.05) is 24.8 Å². The Kier molecular flexibility index (Phi) is 3.89. The molecule has 0 saturated heterocycles. The first-order chi connectivity index (χ1) is 8.65. The Balaban J connectivity index is 2.01. The number of benzene rings is 1. The molecule has 18 heavy (non-hydrogen) atoms. The van der Waals surface area contributed by atoms with Crippen molar-refractivity contribution in [3.8, 4) is 0 Å².